The third kappa shape index (κ3) is 1.97. The van der Waals surface area contributed by atoms with Crippen molar-refractivity contribution >= 4 is 45.5 Å². The second kappa shape index (κ2) is 3.95. The van der Waals surface area contributed by atoms with E-state index in [9.17, 15) is 0 Å². The van der Waals surface area contributed by atoms with Crippen molar-refractivity contribution in [1.29, 1.82) is 5.41 Å². The Morgan fingerprint density at radius 2 is 2.20 bits per heavy atom. The Labute approximate surface area is 77.5 Å². The predicted molar refractivity (Wildman–Crippen MR) is 50.3 cm³/mol. The maximum absolute atomic E-state index is 7.05. The van der Waals surface area contributed by atoms with Gasteiger partial charge in [-0.05, 0) is 15.9 Å². The van der Waals surface area contributed by atoms with Crippen LogP contribution in [0.3, 0.4) is 0 Å². The summed E-state index contributed by atoms with van der Waals surface area (Å²) in [4.78, 5) is 0. The highest BCUT2D eigenvalue weighted by molar-refractivity contribution is 9.10. The van der Waals surface area contributed by atoms with Gasteiger partial charge < -0.3 is 5.73 Å². The molecule has 0 bridgehead atoms. The van der Waals surface area contributed by atoms with Gasteiger partial charge in [0.2, 0.25) is 0 Å². The molecule has 1 heterocycles. The predicted octanol–water partition coefficient (Wildman–Crippen LogP) is 2.22. The zero-order valence-electron chi connectivity index (χ0n) is 4.93. The highest BCUT2D eigenvalue weighted by Crippen LogP contribution is 2.19. The van der Waals surface area contributed by atoms with Crippen molar-refractivity contribution in [2.45, 2.75) is 0 Å². The second-order valence-electron chi connectivity index (χ2n) is 1.55. The van der Waals surface area contributed by atoms with Crippen LogP contribution in [0.15, 0.2) is 15.2 Å². The van der Waals surface area contributed by atoms with Gasteiger partial charge in [0.25, 0.3) is 0 Å². The Kier molecular flexibility index (Phi) is 3.93. The molecule has 0 aliphatic heterocycles. The van der Waals surface area contributed by atoms with Crippen molar-refractivity contribution in [2.75, 3.05) is 0 Å². The van der Waals surface area contributed by atoms with Crippen LogP contribution in [-0.4, -0.2) is 5.84 Å². The SMILES string of the molecule is Cl.N=C(N)c1cscc1Br. The van der Waals surface area contributed by atoms with Gasteiger partial charge in [-0.2, -0.15) is 11.3 Å². The van der Waals surface area contributed by atoms with Gasteiger partial charge in [0.1, 0.15) is 5.84 Å². The standard InChI is InChI=1S/C5H5BrN2S.ClH/c6-4-2-9-1-3(4)5(7)8;/h1-2H,(H3,7,8);1H. The lowest BCUT2D eigenvalue weighted by Gasteiger charge is -1.90. The van der Waals surface area contributed by atoms with Crippen LogP contribution in [0, 0.1) is 5.41 Å². The number of thiophene rings is 1. The minimum absolute atomic E-state index is 0. The van der Waals surface area contributed by atoms with Crippen LogP contribution in [0.4, 0.5) is 0 Å². The molecule has 0 saturated carbocycles. The zero-order chi connectivity index (χ0) is 6.85. The van der Waals surface area contributed by atoms with Crippen molar-refractivity contribution in [3.63, 3.8) is 0 Å². The average Bonchev–Trinajstić information content (AvgIpc) is 2.13. The second-order valence-corrected chi connectivity index (χ2v) is 3.14. The topological polar surface area (TPSA) is 49.9 Å². The molecule has 1 aromatic rings. The monoisotopic (exact) mass is 240 g/mol. The number of rotatable bonds is 1. The molecule has 0 aromatic carbocycles. The third-order valence-corrected chi connectivity index (χ3v) is 2.61. The van der Waals surface area contributed by atoms with Gasteiger partial charge in [-0.25, -0.2) is 0 Å². The molecule has 0 atom stereocenters. The largest absolute Gasteiger partial charge is 0.384 e. The molecule has 0 radical (unpaired) electrons. The van der Waals surface area contributed by atoms with Crippen LogP contribution >= 0.6 is 39.7 Å². The Bertz CT molecular complexity index is 235. The van der Waals surface area contributed by atoms with E-state index in [1.54, 1.807) is 0 Å². The quantitative estimate of drug-likeness (QED) is 0.575. The third-order valence-electron chi connectivity index (χ3n) is 0.905. The fourth-order valence-corrected chi connectivity index (χ4v) is 1.98. The lowest BCUT2D eigenvalue weighted by molar-refractivity contribution is 1.43. The van der Waals surface area contributed by atoms with E-state index in [1.807, 2.05) is 10.8 Å². The van der Waals surface area contributed by atoms with Crippen molar-refractivity contribution in [3.8, 4) is 0 Å². The zero-order valence-corrected chi connectivity index (χ0v) is 8.15. The molecule has 0 unspecified atom stereocenters. The number of hydrogen-bond donors (Lipinski definition) is 2. The molecule has 0 saturated heterocycles. The summed E-state index contributed by atoms with van der Waals surface area (Å²) in [5.41, 5.74) is 6.00. The van der Waals surface area contributed by atoms with E-state index in [0.29, 0.717) is 0 Å². The summed E-state index contributed by atoms with van der Waals surface area (Å²) >= 11 is 4.78. The highest BCUT2D eigenvalue weighted by Gasteiger charge is 2.01. The Hall–Kier alpha value is -0.0600. The molecule has 0 amide bonds. The number of nitrogens with two attached hydrogens (primary N) is 1. The molecule has 10 heavy (non-hydrogen) atoms. The van der Waals surface area contributed by atoms with Crippen LogP contribution in [0.2, 0.25) is 0 Å². The smallest absolute Gasteiger partial charge is 0.124 e. The number of nitrogens with one attached hydrogen (secondary N) is 1. The van der Waals surface area contributed by atoms with Gasteiger partial charge in [-0.3, -0.25) is 5.41 Å². The normalized spacial score (nSPS) is 8.50. The molecule has 0 spiro atoms. The lowest BCUT2D eigenvalue weighted by Crippen LogP contribution is -2.09. The van der Waals surface area contributed by atoms with Crippen LogP contribution in [0.5, 0.6) is 0 Å². The van der Waals surface area contributed by atoms with Gasteiger partial charge in [0.15, 0.2) is 0 Å². The molecule has 3 N–H and O–H groups in total. The Balaban J connectivity index is 0.000000810. The molecule has 1 aromatic heterocycles. The van der Waals surface area contributed by atoms with Crippen LogP contribution in [0.1, 0.15) is 5.56 Å². The molecule has 56 valence electrons. The van der Waals surface area contributed by atoms with Crippen molar-refractivity contribution < 1.29 is 0 Å². The van der Waals surface area contributed by atoms with E-state index in [0.717, 1.165) is 10.0 Å². The highest BCUT2D eigenvalue weighted by atomic mass is 79.9. The molecule has 0 aliphatic carbocycles. The minimum atomic E-state index is 0. The van der Waals surface area contributed by atoms with Gasteiger partial charge in [0.05, 0.1) is 0 Å². The fourth-order valence-electron chi connectivity index (χ4n) is 0.474. The summed E-state index contributed by atoms with van der Waals surface area (Å²) in [6.45, 7) is 0. The molecule has 2 nitrogen and oxygen atoms in total. The summed E-state index contributed by atoms with van der Waals surface area (Å²) in [7, 11) is 0. The van der Waals surface area contributed by atoms with E-state index < -0.39 is 0 Å². The summed E-state index contributed by atoms with van der Waals surface area (Å²) in [5.74, 6) is 0.114. The molecular weight excluding hydrogens is 235 g/mol. The van der Waals surface area contributed by atoms with Crippen molar-refractivity contribution in [3.05, 3.63) is 20.8 Å². The Morgan fingerprint density at radius 3 is 2.40 bits per heavy atom. The van der Waals surface area contributed by atoms with E-state index in [-0.39, 0.29) is 18.2 Å². The van der Waals surface area contributed by atoms with Crippen molar-refractivity contribution in [1.82, 2.24) is 0 Å². The summed E-state index contributed by atoms with van der Waals surface area (Å²) in [6, 6.07) is 0. The number of amidine groups is 1. The van der Waals surface area contributed by atoms with E-state index >= 15 is 0 Å². The summed E-state index contributed by atoms with van der Waals surface area (Å²) < 4.78 is 0.903. The van der Waals surface area contributed by atoms with Gasteiger partial charge in [-0.15, -0.1) is 12.4 Å². The molecule has 0 fully saturated rings. The first-order valence-corrected chi connectivity index (χ1v) is 4.01. The van der Waals surface area contributed by atoms with Gasteiger partial charge >= 0.3 is 0 Å². The van der Waals surface area contributed by atoms with Crippen LogP contribution < -0.4 is 5.73 Å². The summed E-state index contributed by atoms with van der Waals surface area (Å²) in [5, 5.41) is 10.8. The van der Waals surface area contributed by atoms with Gasteiger partial charge in [0, 0.05) is 20.8 Å². The van der Waals surface area contributed by atoms with E-state index in [4.69, 9.17) is 11.1 Å². The Morgan fingerprint density at radius 1 is 1.60 bits per heavy atom. The number of halogens is 2. The lowest BCUT2D eigenvalue weighted by atomic mass is 10.3. The molecule has 5 heteroatoms. The first-order chi connectivity index (χ1) is 4.22. The van der Waals surface area contributed by atoms with Crippen LogP contribution in [0.25, 0.3) is 0 Å². The number of nitrogen functional groups attached to an aromatic ring is 1. The van der Waals surface area contributed by atoms with Gasteiger partial charge in [-0.1, -0.05) is 0 Å². The molecule has 1 rings (SSSR count). The molecule has 0 aliphatic rings. The average molecular weight is 242 g/mol. The number of hydrogen-bond acceptors (Lipinski definition) is 2. The maximum atomic E-state index is 7.05. The first kappa shape index (κ1) is 9.94. The minimum Gasteiger partial charge on any atom is -0.384 e. The van der Waals surface area contributed by atoms with E-state index in [2.05, 4.69) is 15.9 Å². The van der Waals surface area contributed by atoms with E-state index in [1.165, 1.54) is 11.3 Å². The fraction of sp³-hybridized carbons (Fsp3) is 0. The van der Waals surface area contributed by atoms with Crippen molar-refractivity contribution in [2.24, 2.45) is 5.73 Å². The summed E-state index contributed by atoms with van der Waals surface area (Å²) in [6.07, 6.45) is 0. The maximum Gasteiger partial charge on any atom is 0.124 e. The first-order valence-electron chi connectivity index (χ1n) is 2.28. The molecular formula is C5H6BrClN2S. The van der Waals surface area contributed by atoms with Crippen LogP contribution in [-0.2, 0) is 0 Å².